The first-order valence-corrected chi connectivity index (χ1v) is 8.85. The molecule has 0 aromatic carbocycles. The standard InChI is InChI=1S/C16H26N2O3S/c1-11(15-17-9-13(21-15)16(2,3)4)18-6-7-22-10-12(18)8-14(19)20-5/h9,11-12H,6-8,10H2,1-5H3. The number of ether oxygens (including phenoxy) is 1. The van der Waals surface area contributed by atoms with E-state index in [9.17, 15) is 4.79 Å². The predicted octanol–water partition coefficient (Wildman–Crippen LogP) is 3.01. The molecule has 6 heteroatoms. The van der Waals surface area contributed by atoms with Gasteiger partial charge in [-0.15, -0.1) is 0 Å². The van der Waals surface area contributed by atoms with Gasteiger partial charge < -0.3 is 9.15 Å². The van der Waals surface area contributed by atoms with Crippen LogP contribution < -0.4 is 0 Å². The van der Waals surface area contributed by atoms with Gasteiger partial charge in [-0.05, 0) is 6.92 Å². The van der Waals surface area contributed by atoms with Gasteiger partial charge >= 0.3 is 5.97 Å². The second-order valence-electron chi connectivity index (χ2n) is 6.74. The molecule has 0 saturated carbocycles. The van der Waals surface area contributed by atoms with Crippen LogP contribution in [-0.4, -0.2) is 47.1 Å². The number of thioether (sulfide) groups is 1. The molecule has 2 rings (SSSR count). The van der Waals surface area contributed by atoms with Crippen LogP contribution in [0.25, 0.3) is 0 Å². The maximum absolute atomic E-state index is 11.6. The third-order valence-corrected chi connectivity index (χ3v) is 5.11. The smallest absolute Gasteiger partial charge is 0.307 e. The summed E-state index contributed by atoms with van der Waals surface area (Å²) in [6, 6.07) is 0.234. The number of rotatable bonds is 4. The molecule has 1 aliphatic rings. The number of oxazole rings is 1. The first kappa shape index (κ1) is 17.3. The third-order valence-electron chi connectivity index (χ3n) is 4.02. The molecule has 124 valence electrons. The fourth-order valence-electron chi connectivity index (χ4n) is 2.60. The van der Waals surface area contributed by atoms with E-state index in [-0.39, 0.29) is 23.5 Å². The van der Waals surface area contributed by atoms with E-state index >= 15 is 0 Å². The van der Waals surface area contributed by atoms with Crippen molar-refractivity contribution in [2.45, 2.75) is 51.6 Å². The number of nitrogens with zero attached hydrogens (tertiary/aromatic N) is 2. The molecular formula is C16H26N2O3S. The van der Waals surface area contributed by atoms with Crippen LogP contribution >= 0.6 is 11.8 Å². The van der Waals surface area contributed by atoms with E-state index in [1.807, 2.05) is 18.0 Å². The molecule has 1 aliphatic heterocycles. The van der Waals surface area contributed by atoms with Crippen molar-refractivity contribution in [1.82, 2.24) is 9.88 Å². The highest BCUT2D eigenvalue weighted by atomic mass is 32.2. The number of carbonyl (C=O) groups excluding carboxylic acids is 1. The van der Waals surface area contributed by atoms with Crippen molar-refractivity contribution in [2.75, 3.05) is 25.2 Å². The Labute approximate surface area is 136 Å². The zero-order valence-electron chi connectivity index (χ0n) is 14.1. The molecule has 0 N–H and O–H groups in total. The summed E-state index contributed by atoms with van der Waals surface area (Å²) in [5.41, 5.74) is -0.0475. The summed E-state index contributed by atoms with van der Waals surface area (Å²) in [6.07, 6.45) is 2.24. The van der Waals surface area contributed by atoms with Gasteiger partial charge in [-0.1, -0.05) is 20.8 Å². The molecule has 1 aromatic heterocycles. The normalized spacial score (nSPS) is 21.6. The van der Waals surface area contributed by atoms with Crippen molar-refractivity contribution in [3.63, 3.8) is 0 Å². The maximum Gasteiger partial charge on any atom is 0.307 e. The highest BCUT2D eigenvalue weighted by Crippen LogP contribution is 2.31. The lowest BCUT2D eigenvalue weighted by atomic mass is 9.94. The Morgan fingerprint density at radius 3 is 2.91 bits per heavy atom. The van der Waals surface area contributed by atoms with Crippen LogP contribution in [0, 0.1) is 0 Å². The van der Waals surface area contributed by atoms with Gasteiger partial charge in [0.1, 0.15) is 5.76 Å². The molecule has 0 bridgehead atoms. The number of aromatic nitrogens is 1. The molecule has 2 atom stereocenters. The molecule has 0 aliphatic carbocycles. The fourth-order valence-corrected chi connectivity index (χ4v) is 3.69. The topological polar surface area (TPSA) is 55.6 Å². The van der Waals surface area contributed by atoms with Crippen LogP contribution in [0.5, 0.6) is 0 Å². The van der Waals surface area contributed by atoms with E-state index in [1.165, 1.54) is 7.11 Å². The minimum Gasteiger partial charge on any atom is -0.469 e. The second-order valence-corrected chi connectivity index (χ2v) is 7.89. The lowest BCUT2D eigenvalue weighted by Crippen LogP contribution is -2.45. The lowest BCUT2D eigenvalue weighted by Gasteiger charge is -2.37. The van der Waals surface area contributed by atoms with Crippen LogP contribution in [0.4, 0.5) is 0 Å². The van der Waals surface area contributed by atoms with Crippen molar-refractivity contribution in [2.24, 2.45) is 0 Å². The van der Waals surface area contributed by atoms with Crippen molar-refractivity contribution < 1.29 is 13.9 Å². The minimum atomic E-state index is -0.160. The molecule has 22 heavy (non-hydrogen) atoms. The van der Waals surface area contributed by atoms with Crippen LogP contribution in [-0.2, 0) is 14.9 Å². The molecule has 2 unspecified atom stereocenters. The highest BCUT2D eigenvalue weighted by Gasteiger charge is 2.32. The van der Waals surface area contributed by atoms with E-state index in [2.05, 4.69) is 37.6 Å². The van der Waals surface area contributed by atoms with Gasteiger partial charge in [0.15, 0.2) is 0 Å². The largest absolute Gasteiger partial charge is 0.469 e. The van der Waals surface area contributed by atoms with Gasteiger partial charge in [-0.3, -0.25) is 9.69 Å². The van der Waals surface area contributed by atoms with E-state index in [0.717, 1.165) is 29.7 Å². The summed E-state index contributed by atoms with van der Waals surface area (Å²) >= 11 is 1.88. The zero-order valence-corrected chi connectivity index (χ0v) is 14.9. The van der Waals surface area contributed by atoms with Gasteiger partial charge in [0, 0.05) is 29.5 Å². The van der Waals surface area contributed by atoms with Gasteiger partial charge in [-0.2, -0.15) is 11.8 Å². The van der Waals surface area contributed by atoms with Crippen LogP contribution in [0.2, 0.25) is 0 Å². The molecule has 0 spiro atoms. The summed E-state index contributed by atoms with van der Waals surface area (Å²) in [5.74, 6) is 3.46. The summed E-state index contributed by atoms with van der Waals surface area (Å²) < 4.78 is 10.8. The number of hydrogen-bond acceptors (Lipinski definition) is 6. The van der Waals surface area contributed by atoms with E-state index in [4.69, 9.17) is 9.15 Å². The summed E-state index contributed by atoms with van der Waals surface area (Å²) in [7, 11) is 1.44. The Morgan fingerprint density at radius 2 is 2.32 bits per heavy atom. The number of hydrogen-bond donors (Lipinski definition) is 0. The number of carbonyl (C=O) groups is 1. The van der Waals surface area contributed by atoms with Crippen LogP contribution in [0.3, 0.4) is 0 Å². The Bertz CT molecular complexity index is 510. The molecule has 5 nitrogen and oxygen atoms in total. The Hall–Kier alpha value is -1.01. The van der Waals surface area contributed by atoms with Crippen molar-refractivity contribution in [3.05, 3.63) is 17.8 Å². The lowest BCUT2D eigenvalue weighted by molar-refractivity contribution is -0.142. The molecule has 0 radical (unpaired) electrons. The molecule has 1 aromatic rings. The molecular weight excluding hydrogens is 300 g/mol. The number of esters is 1. The van der Waals surface area contributed by atoms with Crippen molar-refractivity contribution >= 4 is 17.7 Å². The highest BCUT2D eigenvalue weighted by molar-refractivity contribution is 7.99. The Morgan fingerprint density at radius 1 is 1.59 bits per heavy atom. The van der Waals surface area contributed by atoms with Gasteiger partial charge in [0.05, 0.1) is 25.8 Å². The van der Waals surface area contributed by atoms with Gasteiger partial charge in [0.2, 0.25) is 5.89 Å². The maximum atomic E-state index is 11.6. The van der Waals surface area contributed by atoms with Crippen molar-refractivity contribution in [3.8, 4) is 0 Å². The van der Waals surface area contributed by atoms with Crippen LogP contribution in [0.1, 0.15) is 51.8 Å². The predicted molar refractivity (Wildman–Crippen MR) is 88.1 cm³/mol. The monoisotopic (exact) mass is 326 g/mol. The zero-order chi connectivity index (χ0) is 16.3. The van der Waals surface area contributed by atoms with Gasteiger partial charge in [-0.25, -0.2) is 4.98 Å². The Kier molecular flexibility index (Phi) is 5.55. The second kappa shape index (κ2) is 7.04. The third kappa shape index (κ3) is 4.04. The first-order valence-electron chi connectivity index (χ1n) is 7.69. The van der Waals surface area contributed by atoms with Crippen LogP contribution in [0.15, 0.2) is 10.6 Å². The Balaban J connectivity index is 2.13. The quantitative estimate of drug-likeness (QED) is 0.793. The summed E-state index contributed by atoms with van der Waals surface area (Å²) in [6.45, 7) is 9.36. The summed E-state index contributed by atoms with van der Waals surface area (Å²) in [5, 5.41) is 0. The molecule has 0 amide bonds. The summed E-state index contributed by atoms with van der Waals surface area (Å²) in [4.78, 5) is 18.4. The fraction of sp³-hybridized carbons (Fsp3) is 0.750. The number of methoxy groups -OCH3 is 1. The van der Waals surface area contributed by atoms with E-state index in [0.29, 0.717) is 6.42 Å². The molecule has 1 saturated heterocycles. The first-order chi connectivity index (χ1) is 10.3. The molecule has 1 fully saturated rings. The minimum absolute atomic E-state index is 0.0475. The van der Waals surface area contributed by atoms with Gasteiger partial charge in [0.25, 0.3) is 0 Å². The molecule has 2 heterocycles. The van der Waals surface area contributed by atoms with E-state index in [1.54, 1.807) is 0 Å². The van der Waals surface area contributed by atoms with E-state index < -0.39 is 0 Å². The SMILES string of the molecule is COC(=O)CC1CSCCN1C(C)c1ncc(C(C)(C)C)o1. The average molecular weight is 326 g/mol. The van der Waals surface area contributed by atoms with Crippen molar-refractivity contribution in [1.29, 1.82) is 0 Å². The average Bonchev–Trinajstić information content (AvgIpc) is 2.97.